The molecular weight excluding hydrogens is 374 g/mol. The van der Waals surface area contributed by atoms with E-state index in [0.29, 0.717) is 11.3 Å². The summed E-state index contributed by atoms with van der Waals surface area (Å²) in [6, 6.07) is 5.67. The van der Waals surface area contributed by atoms with Crippen molar-refractivity contribution >= 4 is 29.3 Å². The smallest absolute Gasteiger partial charge is 0.253 e. The van der Waals surface area contributed by atoms with Gasteiger partial charge in [0, 0.05) is 43.2 Å². The number of thioether (sulfide) groups is 1. The molecule has 0 unspecified atom stereocenters. The van der Waals surface area contributed by atoms with Gasteiger partial charge < -0.3 is 15.0 Å². The van der Waals surface area contributed by atoms with E-state index in [-0.39, 0.29) is 11.8 Å². The number of fused-ring (bicyclic) bond motifs is 1. The van der Waals surface area contributed by atoms with Gasteiger partial charge in [-0.2, -0.15) is 0 Å². The fourth-order valence-electron chi connectivity index (χ4n) is 3.53. The summed E-state index contributed by atoms with van der Waals surface area (Å²) in [6.07, 6.45) is 4.56. The molecule has 6 nitrogen and oxygen atoms in total. The molecule has 0 atom stereocenters. The number of ether oxygens (including phenoxy) is 1. The Hall–Kier alpha value is -1.57. The third kappa shape index (κ3) is 5.96. The minimum absolute atomic E-state index is 0.00848. The highest BCUT2D eigenvalue weighted by molar-refractivity contribution is 8.00. The first-order chi connectivity index (χ1) is 13.7. The van der Waals surface area contributed by atoms with E-state index in [9.17, 15) is 9.59 Å². The molecule has 3 rings (SSSR count). The van der Waals surface area contributed by atoms with Gasteiger partial charge in [-0.1, -0.05) is 26.2 Å². The first kappa shape index (κ1) is 21.1. The Morgan fingerprint density at radius 1 is 1.21 bits per heavy atom. The summed E-state index contributed by atoms with van der Waals surface area (Å²) < 4.78 is 5.42. The number of rotatable bonds is 9. The Balaban J connectivity index is 1.65. The van der Waals surface area contributed by atoms with Gasteiger partial charge in [-0.3, -0.25) is 14.5 Å². The molecule has 1 aromatic carbocycles. The van der Waals surface area contributed by atoms with Crippen LogP contribution in [-0.4, -0.2) is 73.3 Å². The number of hydrogen-bond acceptors (Lipinski definition) is 5. The van der Waals surface area contributed by atoms with Crippen molar-refractivity contribution in [1.82, 2.24) is 9.80 Å². The van der Waals surface area contributed by atoms with Crippen molar-refractivity contribution < 1.29 is 14.3 Å². The number of carbonyl (C=O) groups excluding carboxylic acids is 2. The van der Waals surface area contributed by atoms with Gasteiger partial charge in [0.15, 0.2) is 0 Å². The molecule has 0 saturated carbocycles. The lowest BCUT2D eigenvalue weighted by atomic mass is 10.1. The zero-order valence-corrected chi connectivity index (χ0v) is 17.6. The van der Waals surface area contributed by atoms with Gasteiger partial charge >= 0.3 is 0 Å². The molecule has 154 valence electrons. The standard InChI is InChI=1S/C21H31N3O3S/c1-2-3-4-5-8-24(10-9-23-11-13-27-14-12-23)21(26)17-6-7-19-18(15-17)22-20(25)16-28-19/h6-7,15H,2-5,8-14,16H2,1H3,(H,22,25). The number of nitrogens with zero attached hydrogens (tertiary/aromatic N) is 2. The molecule has 2 aliphatic heterocycles. The van der Waals surface area contributed by atoms with Gasteiger partial charge in [0.25, 0.3) is 5.91 Å². The van der Waals surface area contributed by atoms with E-state index in [1.807, 2.05) is 23.1 Å². The molecule has 7 heteroatoms. The number of anilines is 1. The van der Waals surface area contributed by atoms with E-state index in [4.69, 9.17) is 4.74 Å². The number of hydrogen-bond donors (Lipinski definition) is 1. The Morgan fingerprint density at radius 3 is 2.82 bits per heavy atom. The van der Waals surface area contributed by atoms with Gasteiger partial charge in [-0.25, -0.2) is 0 Å². The lowest BCUT2D eigenvalue weighted by Gasteiger charge is -2.30. The maximum absolute atomic E-state index is 13.2. The van der Waals surface area contributed by atoms with Gasteiger partial charge in [-0.15, -0.1) is 11.8 Å². The zero-order valence-electron chi connectivity index (χ0n) is 16.7. The van der Waals surface area contributed by atoms with E-state index in [2.05, 4.69) is 17.1 Å². The topological polar surface area (TPSA) is 61.9 Å². The number of morpholine rings is 1. The van der Waals surface area contributed by atoms with Gasteiger partial charge in [-0.05, 0) is 24.6 Å². The van der Waals surface area contributed by atoms with E-state index in [0.717, 1.165) is 69.4 Å². The highest BCUT2D eigenvalue weighted by Gasteiger charge is 2.21. The first-order valence-corrected chi connectivity index (χ1v) is 11.3. The van der Waals surface area contributed by atoms with Gasteiger partial charge in [0.05, 0.1) is 24.7 Å². The molecule has 0 aliphatic carbocycles. The monoisotopic (exact) mass is 405 g/mol. The molecular formula is C21H31N3O3S. The molecule has 0 radical (unpaired) electrons. The Morgan fingerprint density at radius 2 is 2.04 bits per heavy atom. The van der Waals surface area contributed by atoms with Crippen LogP contribution in [0.4, 0.5) is 5.69 Å². The number of nitrogens with one attached hydrogen (secondary N) is 1. The third-order valence-electron chi connectivity index (χ3n) is 5.22. The molecule has 28 heavy (non-hydrogen) atoms. The lowest BCUT2D eigenvalue weighted by molar-refractivity contribution is -0.113. The molecule has 2 amide bonds. The number of unbranched alkanes of at least 4 members (excludes halogenated alkanes) is 3. The highest BCUT2D eigenvalue weighted by atomic mass is 32.2. The van der Waals surface area contributed by atoms with Crippen LogP contribution in [0.5, 0.6) is 0 Å². The van der Waals surface area contributed by atoms with Crippen LogP contribution in [0.15, 0.2) is 23.1 Å². The number of carbonyl (C=O) groups is 2. The Bertz CT molecular complexity index is 677. The van der Waals surface area contributed by atoms with Crippen LogP contribution in [0, 0.1) is 0 Å². The second-order valence-corrected chi connectivity index (χ2v) is 8.37. The summed E-state index contributed by atoms with van der Waals surface area (Å²) in [7, 11) is 0. The van der Waals surface area contributed by atoms with Crippen molar-refractivity contribution in [2.24, 2.45) is 0 Å². The predicted molar refractivity (Wildman–Crippen MR) is 113 cm³/mol. The lowest BCUT2D eigenvalue weighted by Crippen LogP contribution is -2.43. The summed E-state index contributed by atoms with van der Waals surface area (Å²) >= 11 is 1.52. The van der Waals surface area contributed by atoms with Crippen molar-refractivity contribution in [3.8, 4) is 0 Å². The van der Waals surface area contributed by atoms with Crippen LogP contribution < -0.4 is 5.32 Å². The van der Waals surface area contributed by atoms with Crippen LogP contribution in [0.3, 0.4) is 0 Å². The van der Waals surface area contributed by atoms with Crippen molar-refractivity contribution in [2.45, 2.75) is 37.5 Å². The molecule has 1 N–H and O–H groups in total. The van der Waals surface area contributed by atoms with Crippen LogP contribution in [0.2, 0.25) is 0 Å². The average molecular weight is 406 g/mol. The first-order valence-electron chi connectivity index (χ1n) is 10.3. The van der Waals surface area contributed by atoms with Crippen LogP contribution in [-0.2, 0) is 9.53 Å². The summed E-state index contributed by atoms with van der Waals surface area (Å²) in [5.74, 6) is 0.479. The van der Waals surface area contributed by atoms with Crippen LogP contribution in [0.25, 0.3) is 0 Å². The largest absolute Gasteiger partial charge is 0.379 e. The molecule has 1 saturated heterocycles. The normalized spacial score (nSPS) is 17.1. The maximum Gasteiger partial charge on any atom is 0.253 e. The minimum Gasteiger partial charge on any atom is -0.379 e. The molecule has 2 aliphatic rings. The Labute approximate surface area is 172 Å². The number of amides is 2. The van der Waals surface area contributed by atoms with E-state index in [1.165, 1.54) is 24.6 Å². The summed E-state index contributed by atoms with van der Waals surface area (Å²) in [4.78, 5) is 30.3. The quantitative estimate of drug-likeness (QED) is 0.640. The summed E-state index contributed by atoms with van der Waals surface area (Å²) in [5, 5.41) is 2.89. The molecule has 1 fully saturated rings. The highest BCUT2D eigenvalue weighted by Crippen LogP contribution is 2.32. The molecule has 0 spiro atoms. The van der Waals surface area contributed by atoms with Crippen molar-refractivity contribution in [3.05, 3.63) is 23.8 Å². The summed E-state index contributed by atoms with van der Waals surface area (Å²) in [6.45, 7) is 7.98. The average Bonchev–Trinajstić information content (AvgIpc) is 2.73. The predicted octanol–water partition coefficient (Wildman–Crippen LogP) is 3.09. The molecule has 0 aromatic heterocycles. The van der Waals surface area contributed by atoms with Crippen LogP contribution in [0.1, 0.15) is 43.0 Å². The molecule has 1 aromatic rings. The van der Waals surface area contributed by atoms with E-state index in [1.54, 1.807) is 0 Å². The molecule has 0 bridgehead atoms. The second kappa shape index (κ2) is 10.8. The SMILES string of the molecule is CCCCCCN(CCN1CCOCC1)C(=O)c1ccc2c(c1)NC(=O)CS2. The fourth-order valence-corrected chi connectivity index (χ4v) is 4.32. The van der Waals surface area contributed by atoms with Crippen molar-refractivity contribution in [1.29, 1.82) is 0 Å². The van der Waals surface area contributed by atoms with Crippen LogP contribution >= 0.6 is 11.8 Å². The summed E-state index contributed by atoms with van der Waals surface area (Å²) in [5.41, 5.74) is 1.41. The van der Waals surface area contributed by atoms with Gasteiger partial charge in [0.2, 0.25) is 5.91 Å². The van der Waals surface area contributed by atoms with Gasteiger partial charge in [0.1, 0.15) is 0 Å². The van der Waals surface area contributed by atoms with Crippen molar-refractivity contribution in [2.75, 3.05) is 57.0 Å². The maximum atomic E-state index is 13.2. The molecule has 2 heterocycles. The number of benzene rings is 1. The Kier molecular flexibility index (Phi) is 8.18. The zero-order chi connectivity index (χ0) is 19.8. The fraction of sp³-hybridized carbons (Fsp3) is 0.619. The van der Waals surface area contributed by atoms with E-state index < -0.39 is 0 Å². The van der Waals surface area contributed by atoms with E-state index >= 15 is 0 Å². The second-order valence-electron chi connectivity index (χ2n) is 7.35. The van der Waals surface area contributed by atoms with Crippen molar-refractivity contribution in [3.63, 3.8) is 0 Å². The third-order valence-corrected chi connectivity index (χ3v) is 6.29. The minimum atomic E-state index is -0.00848.